The minimum Gasteiger partial charge on any atom is -0.490 e. The summed E-state index contributed by atoms with van der Waals surface area (Å²) in [5.74, 6) is 0.640. The Balaban J connectivity index is 1.50. The van der Waals surface area contributed by atoms with Crippen LogP contribution in [0.5, 0.6) is 11.5 Å². The van der Waals surface area contributed by atoms with Gasteiger partial charge in [0.25, 0.3) is 5.91 Å². The lowest BCUT2D eigenvalue weighted by Crippen LogP contribution is -2.26. The lowest BCUT2D eigenvalue weighted by atomic mass is 9.97. The van der Waals surface area contributed by atoms with Crippen molar-refractivity contribution in [1.82, 2.24) is 5.32 Å². The molecule has 1 aliphatic rings. The highest BCUT2D eigenvalue weighted by atomic mass is 19.1. The zero-order valence-corrected chi connectivity index (χ0v) is 14.4. The van der Waals surface area contributed by atoms with Crippen LogP contribution in [0, 0.1) is 5.82 Å². The van der Waals surface area contributed by atoms with Crippen LogP contribution in [0.25, 0.3) is 0 Å². The Morgan fingerprint density at radius 2 is 2.00 bits per heavy atom. The third-order valence-corrected chi connectivity index (χ3v) is 4.49. The molecule has 2 unspecified atom stereocenters. The molecule has 0 bridgehead atoms. The highest BCUT2D eigenvalue weighted by Gasteiger charge is 2.30. The summed E-state index contributed by atoms with van der Waals surface area (Å²) < 4.78 is 24.6. The van der Waals surface area contributed by atoms with Gasteiger partial charge in [0, 0.05) is 18.0 Å². The number of para-hydroxylation sites is 2. The summed E-state index contributed by atoms with van der Waals surface area (Å²) in [5.41, 5.74) is 1.63. The summed E-state index contributed by atoms with van der Waals surface area (Å²) in [6, 6.07) is 11.9. The van der Waals surface area contributed by atoms with Crippen LogP contribution in [0.2, 0.25) is 0 Å². The molecule has 1 amide bonds. The number of fused-ring (bicyclic) bond motifs is 1. The van der Waals surface area contributed by atoms with Crippen LogP contribution in [-0.4, -0.2) is 25.2 Å². The molecule has 0 aliphatic carbocycles. The van der Waals surface area contributed by atoms with Gasteiger partial charge >= 0.3 is 0 Å². The van der Waals surface area contributed by atoms with E-state index in [1.165, 1.54) is 6.07 Å². The van der Waals surface area contributed by atoms with E-state index in [1.807, 2.05) is 19.1 Å². The number of carbonyl (C=O) groups excluding carboxylic acids is 1. The SMILES string of the molecule is CC1Oc2c(C(=O)NCCCOc3ccccc3F)cccc2C1C. The highest BCUT2D eigenvalue weighted by Crippen LogP contribution is 2.40. The van der Waals surface area contributed by atoms with Crippen molar-refractivity contribution < 1.29 is 18.7 Å². The number of nitrogens with one attached hydrogen (secondary N) is 1. The van der Waals surface area contributed by atoms with Crippen molar-refractivity contribution in [3.05, 3.63) is 59.4 Å². The number of rotatable bonds is 6. The van der Waals surface area contributed by atoms with Crippen LogP contribution in [0.3, 0.4) is 0 Å². The molecule has 0 radical (unpaired) electrons. The second kappa shape index (κ2) is 7.55. The van der Waals surface area contributed by atoms with E-state index in [0.717, 1.165) is 5.56 Å². The fraction of sp³-hybridized carbons (Fsp3) is 0.350. The molecule has 0 fully saturated rings. The van der Waals surface area contributed by atoms with E-state index >= 15 is 0 Å². The van der Waals surface area contributed by atoms with E-state index in [9.17, 15) is 9.18 Å². The first-order valence-corrected chi connectivity index (χ1v) is 8.53. The molecule has 0 saturated carbocycles. The highest BCUT2D eigenvalue weighted by molar-refractivity contribution is 5.97. The summed E-state index contributed by atoms with van der Waals surface area (Å²) in [7, 11) is 0. The zero-order chi connectivity index (χ0) is 17.8. The van der Waals surface area contributed by atoms with E-state index < -0.39 is 0 Å². The Kier molecular flexibility index (Phi) is 5.22. The average Bonchev–Trinajstić information content (AvgIpc) is 2.90. The standard InChI is InChI=1S/C20H22FNO3/c1-13-14(2)25-19-15(13)7-5-8-16(19)20(23)22-11-6-12-24-18-10-4-3-9-17(18)21/h3-5,7-10,13-14H,6,11-12H2,1-2H3,(H,22,23). The summed E-state index contributed by atoms with van der Waals surface area (Å²) in [5, 5.41) is 2.87. The minimum absolute atomic E-state index is 0.0677. The molecule has 2 aromatic rings. The summed E-state index contributed by atoms with van der Waals surface area (Å²) >= 11 is 0. The second-order valence-electron chi connectivity index (χ2n) is 6.22. The van der Waals surface area contributed by atoms with Gasteiger partial charge in [-0.3, -0.25) is 4.79 Å². The normalized spacial score (nSPS) is 18.4. The third kappa shape index (κ3) is 3.76. The van der Waals surface area contributed by atoms with Gasteiger partial charge in [-0.2, -0.15) is 0 Å². The van der Waals surface area contributed by atoms with E-state index in [0.29, 0.717) is 30.9 Å². The first-order valence-electron chi connectivity index (χ1n) is 8.53. The number of hydrogen-bond donors (Lipinski definition) is 1. The number of amides is 1. The Bertz CT molecular complexity index is 762. The van der Waals surface area contributed by atoms with Gasteiger partial charge < -0.3 is 14.8 Å². The van der Waals surface area contributed by atoms with Crippen molar-refractivity contribution in [3.63, 3.8) is 0 Å². The maximum Gasteiger partial charge on any atom is 0.255 e. The maximum absolute atomic E-state index is 13.4. The van der Waals surface area contributed by atoms with Crippen molar-refractivity contribution >= 4 is 5.91 Å². The van der Waals surface area contributed by atoms with Crippen molar-refractivity contribution in [3.8, 4) is 11.5 Å². The van der Waals surface area contributed by atoms with E-state index in [-0.39, 0.29) is 29.5 Å². The minimum atomic E-state index is -0.383. The van der Waals surface area contributed by atoms with Crippen molar-refractivity contribution in [2.45, 2.75) is 32.3 Å². The Morgan fingerprint density at radius 1 is 1.20 bits per heavy atom. The number of benzene rings is 2. The molecular formula is C20H22FNO3. The number of ether oxygens (including phenoxy) is 2. The Morgan fingerprint density at radius 3 is 2.80 bits per heavy atom. The van der Waals surface area contributed by atoms with E-state index in [1.54, 1.807) is 24.3 Å². The number of hydrogen-bond acceptors (Lipinski definition) is 3. The second-order valence-corrected chi connectivity index (χ2v) is 6.22. The average molecular weight is 343 g/mol. The van der Waals surface area contributed by atoms with Gasteiger partial charge in [0.2, 0.25) is 0 Å². The molecule has 1 heterocycles. The number of carbonyl (C=O) groups is 1. The fourth-order valence-electron chi connectivity index (χ4n) is 2.88. The maximum atomic E-state index is 13.4. The molecule has 5 heteroatoms. The fourth-order valence-corrected chi connectivity index (χ4v) is 2.88. The van der Waals surface area contributed by atoms with Crippen molar-refractivity contribution in [1.29, 1.82) is 0 Å². The molecule has 132 valence electrons. The van der Waals surface area contributed by atoms with Crippen LogP contribution in [0.15, 0.2) is 42.5 Å². The van der Waals surface area contributed by atoms with Gasteiger partial charge in [0.15, 0.2) is 11.6 Å². The molecule has 4 nitrogen and oxygen atoms in total. The van der Waals surface area contributed by atoms with Crippen LogP contribution in [0.4, 0.5) is 4.39 Å². The van der Waals surface area contributed by atoms with Crippen molar-refractivity contribution in [2.75, 3.05) is 13.2 Å². The molecule has 25 heavy (non-hydrogen) atoms. The van der Waals surface area contributed by atoms with Gasteiger partial charge in [-0.1, -0.05) is 31.2 Å². The topological polar surface area (TPSA) is 47.6 Å². The smallest absolute Gasteiger partial charge is 0.255 e. The van der Waals surface area contributed by atoms with Crippen LogP contribution < -0.4 is 14.8 Å². The molecule has 0 aromatic heterocycles. The van der Waals surface area contributed by atoms with Gasteiger partial charge in [-0.05, 0) is 31.5 Å². The van der Waals surface area contributed by atoms with Crippen LogP contribution in [-0.2, 0) is 0 Å². The molecule has 1 N–H and O–H groups in total. The molecule has 3 rings (SSSR count). The van der Waals surface area contributed by atoms with Gasteiger partial charge in [0.05, 0.1) is 12.2 Å². The molecular weight excluding hydrogens is 321 g/mol. The molecule has 1 aliphatic heterocycles. The first-order chi connectivity index (χ1) is 12.1. The molecule has 2 aromatic carbocycles. The summed E-state index contributed by atoms with van der Waals surface area (Å²) in [6.45, 7) is 4.88. The predicted molar refractivity (Wildman–Crippen MR) is 93.8 cm³/mol. The Labute approximate surface area is 147 Å². The van der Waals surface area contributed by atoms with Crippen LogP contribution >= 0.6 is 0 Å². The molecule has 0 saturated heterocycles. The van der Waals surface area contributed by atoms with Gasteiger partial charge in [-0.15, -0.1) is 0 Å². The summed E-state index contributed by atoms with van der Waals surface area (Å²) in [6.07, 6.45) is 0.654. The first kappa shape index (κ1) is 17.3. The molecule has 0 spiro atoms. The van der Waals surface area contributed by atoms with Crippen molar-refractivity contribution in [2.24, 2.45) is 0 Å². The lowest BCUT2D eigenvalue weighted by molar-refractivity contribution is 0.0946. The largest absolute Gasteiger partial charge is 0.490 e. The number of halogens is 1. The molecule has 2 atom stereocenters. The summed E-state index contributed by atoms with van der Waals surface area (Å²) in [4.78, 5) is 12.4. The van der Waals surface area contributed by atoms with E-state index in [2.05, 4.69) is 12.2 Å². The predicted octanol–water partition coefficient (Wildman–Crippen LogP) is 3.91. The lowest BCUT2D eigenvalue weighted by Gasteiger charge is -2.10. The Hall–Kier alpha value is -2.56. The third-order valence-electron chi connectivity index (χ3n) is 4.49. The monoisotopic (exact) mass is 343 g/mol. The van der Waals surface area contributed by atoms with Gasteiger partial charge in [-0.25, -0.2) is 4.39 Å². The zero-order valence-electron chi connectivity index (χ0n) is 14.4. The van der Waals surface area contributed by atoms with E-state index in [4.69, 9.17) is 9.47 Å². The quantitative estimate of drug-likeness (QED) is 0.809. The van der Waals surface area contributed by atoms with Crippen LogP contribution in [0.1, 0.15) is 42.1 Å². The van der Waals surface area contributed by atoms with Gasteiger partial charge in [0.1, 0.15) is 11.9 Å².